The van der Waals surface area contributed by atoms with E-state index in [1.54, 1.807) is 0 Å². The Labute approximate surface area is 75.7 Å². The monoisotopic (exact) mass is 184 g/mol. The number of rotatable bonds is 0. The molecule has 1 aliphatic heterocycles. The van der Waals surface area contributed by atoms with Crippen LogP contribution >= 0.6 is 0 Å². The van der Waals surface area contributed by atoms with Crippen molar-refractivity contribution in [3.05, 3.63) is 0 Å². The lowest BCUT2D eigenvalue weighted by molar-refractivity contribution is -0.163. The molecule has 2 aliphatic rings. The highest BCUT2D eigenvalue weighted by Gasteiger charge is 2.41. The predicted octanol–water partition coefficient (Wildman–Crippen LogP) is 0.486. The molecule has 72 valence electrons. The second-order valence-corrected chi connectivity index (χ2v) is 3.60. The SMILES string of the molecule is O=C1N[C@H]2CCCC[C@@H]2C(=O)N1O. The number of imide groups is 1. The summed E-state index contributed by atoms with van der Waals surface area (Å²) in [5.41, 5.74) is 0. The molecule has 0 aromatic rings. The standard InChI is InChI=1S/C8H12N2O3/c11-7-5-3-1-2-4-6(5)9-8(12)10(7)13/h5-6,13H,1-4H2,(H,9,12)/t5-,6-/m0/s1. The molecule has 0 spiro atoms. The highest BCUT2D eigenvalue weighted by molar-refractivity contribution is 5.97. The van der Waals surface area contributed by atoms with Crippen molar-refractivity contribution in [1.82, 2.24) is 10.4 Å². The molecule has 0 aromatic carbocycles. The zero-order valence-electron chi connectivity index (χ0n) is 7.19. The van der Waals surface area contributed by atoms with Crippen LogP contribution in [0.4, 0.5) is 4.79 Å². The summed E-state index contributed by atoms with van der Waals surface area (Å²) in [4.78, 5) is 22.4. The summed E-state index contributed by atoms with van der Waals surface area (Å²) in [6, 6.07) is -0.745. The highest BCUT2D eigenvalue weighted by Crippen LogP contribution is 2.28. The van der Waals surface area contributed by atoms with Gasteiger partial charge in [-0.2, -0.15) is 0 Å². The number of nitrogens with one attached hydrogen (secondary N) is 1. The van der Waals surface area contributed by atoms with Crippen LogP contribution in [0, 0.1) is 5.92 Å². The lowest BCUT2D eigenvalue weighted by Crippen LogP contribution is -2.59. The number of fused-ring (bicyclic) bond motifs is 1. The first kappa shape index (κ1) is 8.50. The predicted molar refractivity (Wildman–Crippen MR) is 42.9 cm³/mol. The average Bonchev–Trinajstić information content (AvgIpc) is 2.15. The van der Waals surface area contributed by atoms with E-state index in [2.05, 4.69) is 5.32 Å². The van der Waals surface area contributed by atoms with Crippen molar-refractivity contribution in [1.29, 1.82) is 0 Å². The molecule has 2 N–H and O–H groups in total. The van der Waals surface area contributed by atoms with Crippen LogP contribution in [0.15, 0.2) is 0 Å². The van der Waals surface area contributed by atoms with Gasteiger partial charge < -0.3 is 5.32 Å². The molecule has 2 atom stereocenters. The molecule has 1 saturated heterocycles. The Balaban J connectivity index is 2.17. The Bertz CT molecular complexity index is 254. The van der Waals surface area contributed by atoms with Crippen LogP contribution in [0.5, 0.6) is 0 Å². The van der Waals surface area contributed by atoms with E-state index < -0.39 is 11.9 Å². The molecule has 13 heavy (non-hydrogen) atoms. The van der Waals surface area contributed by atoms with Gasteiger partial charge >= 0.3 is 6.03 Å². The van der Waals surface area contributed by atoms with E-state index in [0.29, 0.717) is 0 Å². The van der Waals surface area contributed by atoms with Gasteiger partial charge in [0.15, 0.2) is 0 Å². The first-order valence-corrected chi connectivity index (χ1v) is 4.53. The molecular formula is C8H12N2O3. The van der Waals surface area contributed by atoms with Crippen molar-refractivity contribution in [2.24, 2.45) is 5.92 Å². The van der Waals surface area contributed by atoms with Gasteiger partial charge in [-0.05, 0) is 12.8 Å². The summed E-state index contributed by atoms with van der Waals surface area (Å²) < 4.78 is 0. The summed E-state index contributed by atoms with van der Waals surface area (Å²) in [5, 5.41) is 11.9. The van der Waals surface area contributed by atoms with Crippen molar-refractivity contribution in [2.75, 3.05) is 0 Å². The zero-order chi connectivity index (χ0) is 9.42. The maximum Gasteiger partial charge on any atom is 0.348 e. The zero-order valence-corrected chi connectivity index (χ0v) is 7.19. The van der Waals surface area contributed by atoms with E-state index in [1.165, 1.54) is 0 Å². The van der Waals surface area contributed by atoms with E-state index in [9.17, 15) is 9.59 Å². The minimum Gasteiger partial charge on any atom is -0.332 e. The van der Waals surface area contributed by atoms with Gasteiger partial charge in [-0.25, -0.2) is 4.79 Å². The molecule has 5 heteroatoms. The van der Waals surface area contributed by atoms with Gasteiger partial charge in [-0.3, -0.25) is 10.0 Å². The van der Waals surface area contributed by atoms with Crippen LogP contribution in [0.25, 0.3) is 0 Å². The largest absolute Gasteiger partial charge is 0.348 e. The van der Waals surface area contributed by atoms with Gasteiger partial charge in [0, 0.05) is 6.04 Å². The molecule has 1 aliphatic carbocycles. The van der Waals surface area contributed by atoms with Gasteiger partial charge in [-0.1, -0.05) is 12.8 Å². The number of carbonyl (C=O) groups excluding carboxylic acids is 2. The number of amides is 3. The Hall–Kier alpha value is -1.10. The minimum atomic E-state index is -0.687. The molecule has 2 fully saturated rings. The van der Waals surface area contributed by atoms with Gasteiger partial charge in [-0.15, -0.1) is 5.06 Å². The van der Waals surface area contributed by atoms with Gasteiger partial charge in [0.1, 0.15) is 0 Å². The topological polar surface area (TPSA) is 69.6 Å². The fourth-order valence-corrected chi connectivity index (χ4v) is 2.08. The number of hydrogen-bond acceptors (Lipinski definition) is 3. The van der Waals surface area contributed by atoms with Crippen molar-refractivity contribution < 1.29 is 14.8 Å². The molecule has 1 saturated carbocycles. The molecule has 2 rings (SSSR count). The van der Waals surface area contributed by atoms with Crippen molar-refractivity contribution >= 4 is 11.9 Å². The highest BCUT2D eigenvalue weighted by atomic mass is 16.5. The summed E-state index contributed by atoms with van der Waals surface area (Å²) in [7, 11) is 0. The van der Waals surface area contributed by atoms with E-state index in [1.807, 2.05) is 0 Å². The Kier molecular flexibility index (Phi) is 1.95. The average molecular weight is 184 g/mol. The van der Waals surface area contributed by atoms with Crippen LogP contribution in [-0.2, 0) is 4.79 Å². The second-order valence-electron chi connectivity index (χ2n) is 3.60. The van der Waals surface area contributed by atoms with Crippen LogP contribution in [0.2, 0.25) is 0 Å². The number of urea groups is 1. The molecule has 3 amide bonds. The van der Waals surface area contributed by atoms with E-state index >= 15 is 0 Å². The summed E-state index contributed by atoms with van der Waals surface area (Å²) >= 11 is 0. The summed E-state index contributed by atoms with van der Waals surface area (Å²) in [5.74, 6) is -0.662. The van der Waals surface area contributed by atoms with Gasteiger partial charge in [0.25, 0.3) is 5.91 Å². The fraction of sp³-hybridized carbons (Fsp3) is 0.750. The first-order valence-electron chi connectivity index (χ1n) is 4.53. The van der Waals surface area contributed by atoms with Crippen LogP contribution in [0.1, 0.15) is 25.7 Å². The Morgan fingerprint density at radius 2 is 2.00 bits per heavy atom. The number of carbonyl (C=O) groups is 2. The van der Waals surface area contributed by atoms with Crippen LogP contribution in [-0.4, -0.2) is 28.3 Å². The van der Waals surface area contributed by atoms with Crippen molar-refractivity contribution in [3.63, 3.8) is 0 Å². The molecule has 0 radical (unpaired) electrons. The van der Waals surface area contributed by atoms with Gasteiger partial charge in [0.05, 0.1) is 5.92 Å². The maximum atomic E-state index is 11.4. The molecule has 5 nitrogen and oxygen atoms in total. The summed E-state index contributed by atoms with van der Waals surface area (Å²) in [6.45, 7) is 0. The third-order valence-corrected chi connectivity index (χ3v) is 2.79. The Morgan fingerprint density at radius 3 is 2.77 bits per heavy atom. The quantitative estimate of drug-likeness (QED) is 0.538. The van der Waals surface area contributed by atoms with Gasteiger partial charge in [0.2, 0.25) is 0 Å². The second kappa shape index (κ2) is 2.99. The van der Waals surface area contributed by atoms with E-state index in [-0.39, 0.29) is 17.0 Å². The Morgan fingerprint density at radius 1 is 1.31 bits per heavy atom. The molecule has 0 unspecified atom stereocenters. The first-order chi connectivity index (χ1) is 6.20. The van der Waals surface area contributed by atoms with Crippen molar-refractivity contribution in [2.45, 2.75) is 31.7 Å². The molecule has 1 heterocycles. The lowest BCUT2D eigenvalue weighted by atomic mass is 9.83. The summed E-state index contributed by atoms with van der Waals surface area (Å²) in [6.07, 6.45) is 3.65. The third-order valence-electron chi connectivity index (χ3n) is 2.79. The van der Waals surface area contributed by atoms with E-state index in [4.69, 9.17) is 5.21 Å². The normalized spacial score (nSPS) is 34.1. The third kappa shape index (κ3) is 1.29. The number of nitrogens with zero attached hydrogens (tertiary/aromatic N) is 1. The van der Waals surface area contributed by atoms with E-state index in [0.717, 1.165) is 25.7 Å². The number of hydroxylamine groups is 2. The van der Waals surface area contributed by atoms with Crippen LogP contribution in [0.3, 0.4) is 0 Å². The molecular weight excluding hydrogens is 172 g/mol. The fourth-order valence-electron chi connectivity index (χ4n) is 2.08. The number of hydrogen-bond donors (Lipinski definition) is 2. The molecule has 0 aromatic heterocycles. The minimum absolute atomic E-state index is 0.0582. The molecule has 0 bridgehead atoms. The lowest BCUT2D eigenvalue weighted by Gasteiger charge is -2.37. The van der Waals surface area contributed by atoms with Crippen molar-refractivity contribution in [3.8, 4) is 0 Å². The smallest absolute Gasteiger partial charge is 0.332 e. The van der Waals surface area contributed by atoms with Crippen LogP contribution < -0.4 is 5.32 Å². The maximum absolute atomic E-state index is 11.4.